The lowest BCUT2D eigenvalue weighted by atomic mass is 9.88. The predicted molar refractivity (Wildman–Crippen MR) is 68.7 cm³/mol. The zero-order valence-electron chi connectivity index (χ0n) is 10.4. The van der Waals surface area contributed by atoms with Crippen LogP contribution < -0.4 is 4.74 Å². The lowest BCUT2D eigenvalue weighted by molar-refractivity contribution is -0.131. The molecule has 0 saturated carbocycles. The summed E-state index contributed by atoms with van der Waals surface area (Å²) in [7, 11) is 0. The molecule has 0 aliphatic heterocycles. The first kappa shape index (κ1) is 11.9. The molecule has 0 spiro atoms. The molecule has 0 N–H and O–H groups in total. The topological polar surface area (TPSA) is 26.3 Å². The molecule has 1 atom stereocenters. The van der Waals surface area contributed by atoms with Crippen LogP contribution in [0, 0.1) is 5.92 Å². The molecule has 2 heteroatoms. The minimum Gasteiger partial charge on any atom is -0.427 e. The Labute approximate surface area is 102 Å². The van der Waals surface area contributed by atoms with E-state index in [0.717, 1.165) is 12.3 Å². The van der Waals surface area contributed by atoms with Gasteiger partial charge < -0.3 is 4.74 Å². The van der Waals surface area contributed by atoms with Crippen molar-refractivity contribution >= 4 is 11.5 Å². The first-order valence-corrected chi connectivity index (χ1v) is 6.13. The fraction of sp³-hybridized carbons (Fsp3) is 0.400. The normalized spacial score (nSPS) is 19.6. The van der Waals surface area contributed by atoms with Gasteiger partial charge in [0.2, 0.25) is 0 Å². The highest BCUT2D eigenvalue weighted by Gasteiger charge is 2.11. The van der Waals surface area contributed by atoms with Crippen LogP contribution in [0.5, 0.6) is 5.75 Å². The second-order valence-electron chi connectivity index (χ2n) is 4.73. The van der Waals surface area contributed by atoms with E-state index >= 15 is 0 Å². The summed E-state index contributed by atoms with van der Waals surface area (Å²) in [4.78, 5) is 10.8. The Morgan fingerprint density at radius 3 is 2.53 bits per heavy atom. The molecule has 1 aromatic rings. The van der Waals surface area contributed by atoms with E-state index < -0.39 is 0 Å². The third kappa shape index (κ3) is 3.19. The van der Waals surface area contributed by atoms with Gasteiger partial charge in [0.25, 0.3) is 0 Å². The van der Waals surface area contributed by atoms with E-state index in [1.807, 2.05) is 24.3 Å². The molecule has 0 radical (unpaired) electrons. The van der Waals surface area contributed by atoms with Gasteiger partial charge in [-0.05, 0) is 48.4 Å². The van der Waals surface area contributed by atoms with Gasteiger partial charge in [-0.25, -0.2) is 0 Å². The third-order valence-electron chi connectivity index (χ3n) is 3.16. The van der Waals surface area contributed by atoms with E-state index in [2.05, 4.69) is 13.0 Å². The van der Waals surface area contributed by atoms with Gasteiger partial charge in [0.1, 0.15) is 5.75 Å². The number of ether oxygens (including phenoxy) is 1. The van der Waals surface area contributed by atoms with Gasteiger partial charge in [-0.15, -0.1) is 0 Å². The average Bonchev–Trinajstić information content (AvgIpc) is 2.30. The molecule has 1 aliphatic rings. The molecule has 1 unspecified atom stereocenters. The minimum atomic E-state index is -0.275. The molecule has 0 fully saturated rings. The van der Waals surface area contributed by atoms with Crippen molar-refractivity contribution in [3.8, 4) is 5.75 Å². The summed E-state index contributed by atoms with van der Waals surface area (Å²) >= 11 is 0. The first-order valence-electron chi connectivity index (χ1n) is 6.13. The summed E-state index contributed by atoms with van der Waals surface area (Å²) in [5.41, 5.74) is 2.66. The van der Waals surface area contributed by atoms with Gasteiger partial charge in [-0.2, -0.15) is 0 Å². The van der Waals surface area contributed by atoms with E-state index in [-0.39, 0.29) is 5.97 Å². The monoisotopic (exact) mass is 230 g/mol. The van der Waals surface area contributed by atoms with Crippen LogP contribution in [0.2, 0.25) is 0 Å². The van der Waals surface area contributed by atoms with Crippen LogP contribution in [0.3, 0.4) is 0 Å². The molecule has 0 bridgehead atoms. The number of benzene rings is 1. The lowest BCUT2D eigenvalue weighted by Gasteiger charge is -2.18. The molecular weight excluding hydrogens is 212 g/mol. The van der Waals surface area contributed by atoms with E-state index in [0.29, 0.717) is 5.75 Å². The first-order chi connectivity index (χ1) is 8.15. The fourth-order valence-corrected chi connectivity index (χ4v) is 2.13. The molecular formula is C15H18O2. The van der Waals surface area contributed by atoms with Crippen molar-refractivity contribution in [1.82, 2.24) is 0 Å². The minimum absolute atomic E-state index is 0.275. The maximum Gasteiger partial charge on any atom is 0.308 e. The molecule has 17 heavy (non-hydrogen) atoms. The van der Waals surface area contributed by atoms with Crippen LogP contribution in [0.25, 0.3) is 5.57 Å². The van der Waals surface area contributed by atoms with Crippen molar-refractivity contribution < 1.29 is 9.53 Å². The summed E-state index contributed by atoms with van der Waals surface area (Å²) in [6.07, 6.45) is 5.90. The van der Waals surface area contributed by atoms with Gasteiger partial charge >= 0.3 is 5.97 Å². The standard InChI is InChI=1S/C15H18O2/c1-11-3-5-13(6-4-11)14-7-9-15(10-8-14)17-12(2)16/h5,7-11H,3-4,6H2,1-2H3. The highest BCUT2D eigenvalue weighted by molar-refractivity contribution is 5.70. The average molecular weight is 230 g/mol. The summed E-state index contributed by atoms with van der Waals surface area (Å²) in [6.45, 7) is 3.70. The number of allylic oxidation sites excluding steroid dienone is 2. The largest absolute Gasteiger partial charge is 0.427 e. The molecule has 1 aromatic carbocycles. The fourth-order valence-electron chi connectivity index (χ4n) is 2.13. The zero-order valence-corrected chi connectivity index (χ0v) is 10.4. The lowest BCUT2D eigenvalue weighted by Crippen LogP contribution is -2.02. The van der Waals surface area contributed by atoms with E-state index in [1.54, 1.807) is 0 Å². The quantitative estimate of drug-likeness (QED) is 0.570. The molecule has 1 aliphatic carbocycles. The van der Waals surface area contributed by atoms with Crippen LogP contribution in [0.15, 0.2) is 30.3 Å². The Morgan fingerprint density at radius 2 is 2.00 bits per heavy atom. The van der Waals surface area contributed by atoms with Crippen molar-refractivity contribution in [3.63, 3.8) is 0 Å². The molecule has 2 rings (SSSR count). The Balaban J connectivity index is 2.10. The van der Waals surface area contributed by atoms with Crippen molar-refractivity contribution in [1.29, 1.82) is 0 Å². The van der Waals surface area contributed by atoms with Crippen LogP contribution in [0.1, 0.15) is 38.7 Å². The van der Waals surface area contributed by atoms with Gasteiger partial charge in [-0.3, -0.25) is 4.79 Å². The Bertz CT molecular complexity index is 429. The SMILES string of the molecule is CC(=O)Oc1ccc(C2=CCC(C)CC2)cc1. The van der Waals surface area contributed by atoms with Crippen molar-refractivity contribution in [2.24, 2.45) is 5.92 Å². The van der Waals surface area contributed by atoms with Crippen LogP contribution in [-0.4, -0.2) is 5.97 Å². The van der Waals surface area contributed by atoms with Crippen LogP contribution >= 0.6 is 0 Å². The highest BCUT2D eigenvalue weighted by Crippen LogP contribution is 2.30. The zero-order chi connectivity index (χ0) is 12.3. The predicted octanol–water partition coefficient (Wildman–Crippen LogP) is 3.82. The number of hydrogen-bond acceptors (Lipinski definition) is 2. The van der Waals surface area contributed by atoms with Gasteiger partial charge in [0.05, 0.1) is 0 Å². The number of rotatable bonds is 2. The Morgan fingerprint density at radius 1 is 1.29 bits per heavy atom. The number of carbonyl (C=O) groups excluding carboxylic acids is 1. The van der Waals surface area contributed by atoms with E-state index in [9.17, 15) is 4.79 Å². The molecule has 0 aromatic heterocycles. The molecule has 2 nitrogen and oxygen atoms in total. The third-order valence-corrected chi connectivity index (χ3v) is 3.16. The smallest absolute Gasteiger partial charge is 0.308 e. The summed E-state index contributed by atoms with van der Waals surface area (Å²) in [5, 5.41) is 0. The van der Waals surface area contributed by atoms with Gasteiger partial charge in [0, 0.05) is 6.92 Å². The second-order valence-corrected chi connectivity index (χ2v) is 4.73. The molecule has 0 amide bonds. The summed E-state index contributed by atoms with van der Waals surface area (Å²) in [6, 6.07) is 7.77. The number of esters is 1. The van der Waals surface area contributed by atoms with Crippen molar-refractivity contribution in [2.75, 3.05) is 0 Å². The van der Waals surface area contributed by atoms with Gasteiger partial charge in [-0.1, -0.05) is 25.1 Å². The van der Waals surface area contributed by atoms with E-state index in [4.69, 9.17) is 4.74 Å². The van der Waals surface area contributed by atoms with Gasteiger partial charge in [0.15, 0.2) is 0 Å². The number of carbonyl (C=O) groups is 1. The summed E-state index contributed by atoms with van der Waals surface area (Å²) in [5.74, 6) is 1.15. The Hall–Kier alpha value is -1.57. The van der Waals surface area contributed by atoms with Crippen LogP contribution in [0.4, 0.5) is 0 Å². The van der Waals surface area contributed by atoms with Crippen molar-refractivity contribution in [2.45, 2.75) is 33.1 Å². The highest BCUT2D eigenvalue weighted by atomic mass is 16.5. The maximum atomic E-state index is 10.8. The molecule has 0 saturated heterocycles. The Kier molecular flexibility index (Phi) is 3.62. The number of hydrogen-bond donors (Lipinski definition) is 0. The summed E-state index contributed by atoms with van der Waals surface area (Å²) < 4.78 is 5.02. The van der Waals surface area contributed by atoms with Crippen molar-refractivity contribution in [3.05, 3.63) is 35.9 Å². The molecule has 90 valence electrons. The maximum absolute atomic E-state index is 10.8. The second kappa shape index (κ2) is 5.17. The molecule has 0 heterocycles. The van der Waals surface area contributed by atoms with E-state index in [1.165, 1.54) is 30.9 Å². The van der Waals surface area contributed by atoms with Crippen LogP contribution in [-0.2, 0) is 4.79 Å².